The van der Waals surface area contributed by atoms with E-state index >= 15 is 0 Å². The van der Waals surface area contributed by atoms with E-state index in [1.807, 2.05) is 57.2 Å². The fraction of sp³-hybridized carbons (Fsp3) is 0.304. The van der Waals surface area contributed by atoms with Crippen LogP contribution in [0.1, 0.15) is 39.2 Å². The zero-order valence-corrected chi connectivity index (χ0v) is 17.0. The van der Waals surface area contributed by atoms with Gasteiger partial charge in [0.2, 0.25) is 0 Å². The molecule has 1 aromatic carbocycles. The molecule has 0 bridgehead atoms. The Morgan fingerprint density at radius 1 is 1.07 bits per heavy atom. The van der Waals surface area contributed by atoms with Crippen molar-refractivity contribution >= 4 is 23.5 Å². The molecule has 0 unspecified atom stereocenters. The third kappa shape index (κ3) is 4.28. The van der Waals surface area contributed by atoms with Gasteiger partial charge in [0.15, 0.2) is 5.60 Å². The maximum absolute atomic E-state index is 13.3. The van der Waals surface area contributed by atoms with Gasteiger partial charge in [0.25, 0.3) is 0 Å². The molecule has 146 valence electrons. The Morgan fingerprint density at radius 2 is 1.68 bits per heavy atom. The van der Waals surface area contributed by atoms with Gasteiger partial charge in [-0.3, -0.25) is 4.79 Å². The average Bonchev–Trinajstić information content (AvgIpc) is 2.81. The first-order valence-corrected chi connectivity index (χ1v) is 9.56. The first-order valence-electron chi connectivity index (χ1n) is 9.19. The standard InChI is InChI=1S/C23H23ClO4/c1-22(2,3)28-21(26)20(16-8-6-4-5-7-9-16)23(15-14-19(25)27-23)17-10-12-18(24)13-11-17/h4-13H,14-15H2,1-3H3/t23-/m1/s1. The topological polar surface area (TPSA) is 52.6 Å². The summed E-state index contributed by atoms with van der Waals surface area (Å²) in [6, 6.07) is 7.02. The molecule has 0 saturated carbocycles. The first-order chi connectivity index (χ1) is 13.2. The molecule has 1 saturated heterocycles. The second-order valence-corrected chi connectivity index (χ2v) is 8.18. The third-order valence-corrected chi connectivity index (χ3v) is 4.71. The first kappa shape index (κ1) is 20.2. The molecule has 5 heteroatoms. The van der Waals surface area contributed by atoms with Gasteiger partial charge in [-0.25, -0.2) is 4.79 Å². The van der Waals surface area contributed by atoms with Crippen LogP contribution in [0.2, 0.25) is 5.02 Å². The molecule has 1 heterocycles. The van der Waals surface area contributed by atoms with Crippen molar-refractivity contribution < 1.29 is 19.1 Å². The summed E-state index contributed by atoms with van der Waals surface area (Å²) in [5.41, 5.74) is -0.271. The minimum atomic E-state index is -1.22. The number of benzene rings is 1. The number of hydrogen-bond acceptors (Lipinski definition) is 4. The Kier molecular flexibility index (Phi) is 5.61. The van der Waals surface area contributed by atoms with Gasteiger partial charge >= 0.3 is 11.9 Å². The lowest BCUT2D eigenvalue weighted by molar-refractivity contribution is -0.156. The third-order valence-electron chi connectivity index (χ3n) is 4.46. The maximum atomic E-state index is 13.3. The van der Waals surface area contributed by atoms with E-state index in [0.717, 1.165) is 0 Å². The van der Waals surface area contributed by atoms with E-state index in [2.05, 4.69) is 0 Å². The van der Waals surface area contributed by atoms with Gasteiger partial charge in [0.1, 0.15) is 5.60 Å². The summed E-state index contributed by atoms with van der Waals surface area (Å²) in [7, 11) is 0. The lowest BCUT2D eigenvalue weighted by Crippen LogP contribution is -2.37. The highest BCUT2D eigenvalue weighted by Crippen LogP contribution is 2.46. The molecular formula is C23H23ClO4. The summed E-state index contributed by atoms with van der Waals surface area (Å²) in [6.07, 6.45) is 11.6. The van der Waals surface area contributed by atoms with Gasteiger partial charge in [-0.1, -0.05) is 60.2 Å². The van der Waals surface area contributed by atoms with Crippen molar-refractivity contribution in [3.63, 3.8) is 0 Å². The molecule has 2 aliphatic rings. The quantitative estimate of drug-likeness (QED) is 0.519. The summed E-state index contributed by atoms with van der Waals surface area (Å²) in [5.74, 6) is -0.861. The minimum absolute atomic E-state index is 0.216. The van der Waals surface area contributed by atoms with Gasteiger partial charge in [0.05, 0.1) is 12.0 Å². The maximum Gasteiger partial charge on any atom is 0.339 e. The largest absolute Gasteiger partial charge is 0.456 e. The van der Waals surface area contributed by atoms with E-state index in [4.69, 9.17) is 21.1 Å². The molecule has 0 radical (unpaired) electrons. The molecule has 1 atom stereocenters. The van der Waals surface area contributed by atoms with Gasteiger partial charge in [-0.15, -0.1) is 0 Å². The number of rotatable bonds is 3. The van der Waals surface area contributed by atoms with Crippen LogP contribution in [0.4, 0.5) is 0 Å². The summed E-state index contributed by atoms with van der Waals surface area (Å²) in [5, 5.41) is 0.563. The van der Waals surface area contributed by atoms with Gasteiger partial charge in [-0.05, 0) is 38.5 Å². The Bertz CT molecular complexity index is 880. The molecule has 1 aliphatic carbocycles. The molecule has 1 aliphatic heterocycles. The van der Waals surface area contributed by atoms with Crippen molar-refractivity contribution in [2.24, 2.45) is 0 Å². The lowest BCUT2D eigenvalue weighted by atomic mass is 9.80. The fourth-order valence-electron chi connectivity index (χ4n) is 3.33. The summed E-state index contributed by atoms with van der Waals surface area (Å²) < 4.78 is 11.5. The van der Waals surface area contributed by atoms with Crippen molar-refractivity contribution in [1.82, 2.24) is 0 Å². The summed E-state index contributed by atoms with van der Waals surface area (Å²) in [4.78, 5) is 25.5. The summed E-state index contributed by atoms with van der Waals surface area (Å²) in [6.45, 7) is 5.43. The zero-order chi connectivity index (χ0) is 20.4. The second kappa shape index (κ2) is 7.80. The van der Waals surface area contributed by atoms with Crippen LogP contribution in [0.25, 0.3) is 0 Å². The van der Waals surface area contributed by atoms with Crippen LogP contribution < -0.4 is 0 Å². The van der Waals surface area contributed by atoms with Crippen molar-refractivity contribution in [3.05, 3.63) is 82.5 Å². The number of ether oxygens (including phenoxy) is 2. The molecule has 1 aromatic rings. The minimum Gasteiger partial charge on any atom is -0.456 e. The number of esters is 2. The van der Waals surface area contributed by atoms with E-state index in [-0.39, 0.29) is 12.4 Å². The predicted octanol–water partition coefficient (Wildman–Crippen LogP) is 5.19. The number of carbonyl (C=O) groups excluding carboxylic acids is 2. The molecule has 0 amide bonds. The zero-order valence-electron chi connectivity index (χ0n) is 16.2. The van der Waals surface area contributed by atoms with Crippen LogP contribution >= 0.6 is 11.6 Å². The Hall–Kier alpha value is -2.59. The molecule has 1 fully saturated rings. The molecule has 0 N–H and O–H groups in total. The average molecular weight is 399 g/mol. The molecule has 3 rings (SSSR count). The normalized spacial score (nSPS) is 21.4. The summed E-state index contributed by atoms with van der Waals surface area (Å²) >= 11 is 6.05. The highest BCUT2D eigenvalue weighted by Gasteiger charge is 2.50. The van der Waals surface area contributed by atoms with Gasteiger partial charge in [-0.2, -0.15) is 0 Å². The molecule has 4 nitrogen and oxygen atoms in total. The van der Waals surface area contributed by atoms with E-state index in [1.54, 1.807) is 24.3 Å². The number of hydrogen-bond donors (Lipinski definition) is 0. The van der Waals surface area contributed by atoms with E-state index in [0.29, 0.717) is 28.2 Å². The van der Waals surface area contributed by atoms with Crippen molar-refractivity contribution in [3.8, 4) is 0 Å². The molecular weight excluding hydrogens is 376 g/mol. The van der Waals surface area contributed by atoms with Crippen LogP contribution in [-0.2, 0) is 24.7 Å². The van der Waals surface area contributed by atoms with E-state index < -0.39 is 17.2 Å². The number of cyclic esters (lactones) is 1. The fourth-order valence-corrected chi connectivity index (χ4v) is 3.46. The monoisotopic (exact) mass is 398 g/mol. The second-order valence-electron chi connectivity index (χ2n) is 7.74. The van der Waals surface area contributed by atoms with Crippen molar-refractivity contribution in [2.75, 3.05) is 0 Å². The van der Waals surface area contributed by atoms with E-state index in [1.165, 1.54) is 0 Å². The highest BCUT2D eigenvalue weighted by molar-refractivity contribution is 6.30. The number of carbonyl (C=O) groups is 2. The Balaban J connectivity index is 2.23. The number of halogens is 1. The van der Waals surface area contributed by atoms with Crippen LogP contribution in [0.5, 0.6) is 0 Å². The molecule has 0 spiro atoms. The van der Waals surface area contributed by atoms with Crippen LogP contribution in [-0.4, -0.2) is 17.5 Å². The lowest BCUT2D eigenvalue weighted by Gasteiger charge is -2.33. The smallest absolute Gasteiger partial charge is 0.339 e. The molecule has 0 aromatic heterocycles. The Morgan fingerprint density at radius 3 is 2.18 bits per heavy atom. The predicted molar refractivity (Wildman–Crippen MR) is 109 cm³/mol. The highest BCUT2D eigenvalue weighted by atomic mass is 35.5. The van der Waals surface area contributed by atoms with Gasteiger partial charge < -0.3 is 9.47 Å². The van der Waals surface area contributed by atoms with Gasteiger partial charge in [0, 0.05) is 17.0 Å². The van der Waals surface area contributed by atoms with E-state index in [9.17, 15) is 9.59 Å². The van der Waals surface area contributed by atoms with Crippen LogP contribution in [0, 0.1) is 0 Å². The Labute approximate surface area is 170 Å². The molecule has 28 heavy (non-hydrogen) atoms. The SMILES string of the molecule is CC(C)(C)OC(=O)C(=C1C=CC=CC=C1)[C@]1(c2ccc(Cl)cc2)CCC(=O)O1. The van der Waals surface area contributed by atoms with Crippen LogP contribution in [0.15, 0.2) is 71.9 Å². The number of allylic oxidation sites excluding steroid dienone is 7. The van der Waals surface area contributed by atoms with Crippen molar-refractivity contribution in [1.29, 1.82) is 0 Å². The van der Waals surface area contributed by atoms with Crippen molar-refractivity contribution in [2.45, 2.75) is 44.8 Å². The van der Waals surface area contributed by atoms with Crippen LogP contribution in [0.3, 0.4) is 0 Å².